The van der Waals surface area contributed by atoms with E-state index in [9.17, 15) is 9.18 Å². The normalized spacial score (nSPS) is 10.4. The largest absolute Gasteiger partial charge is 0.488 e. The van der Waals surface area contributed by atoms with E-state index in [0.29, 0.717) is 0 Å². The summed E-state index contributed by atoms with van der Waals surface area (Å²) < 4.78 is 23.5. The lowest BCUT2D eigenvalue weighted by Gasteiger charge is -2.13. The Morgan fingerprint density at radius 1 is 1.47 bits per heavy atom. The molecule has 94 valence electrons. The van der Waals surface area contributed by atoms with Crippen LogP contribution in [0.15, 0.2) is 12.1 Å². The minimum absolute atomic E-state index is 0.00254. The molecule has 2 N–H and O–H groups in total. The summed E-state index contributed by atoms with van der Waals surface area (Å²) in [6, 6.07) is 2.33. The molecule has 0 aliphatic carbocycles. The van der Waals surface area contributed by atoms with E-state index in [2.05, 4.69) is 0 Å². The summed E-state index contributed by atoms with van der Waals surface area (Å²) >= 11 is 0. The molecule has 0 atom stereocenters. The molecule has 5 heteroatoms. The highest BCUT2D eigenvalue weighted by Gasteiger charge is 2.16. The fourth-order valence-corrected chi connectivity index (χ4v) is 1.30. The number of nitrogens with two attached hydrogens (primary N) is 1. The first-order valence-electron chi connectivity index (χ1n) is 5.38. The van der Waals surface area contributed by atoms with E-state index in [4.69, 9.17) is 15.2 Å². The Labute approximate surface area is 99.5 Å². The van der Waals surface area contributed by atoms with Crippen molar-refractivity contribution in [1.82, 2.24) is 0 Å². The van der Waals surface area contributed by atoms with Crippen molar-refractivity contribution < 1.29 is 18.7 Å². The molecule has 0 fully saturated rings. The summed E-state index contributed by atoms with van der Waals surface area (Å²) in [5, 5.41) is 0. The number of benzene rings is 1. The fourth-order valence-electron chi connectivity index (χ4n) is 1.30. The van der Waals surface area contributed by atoms with Gasteiger partial charge in [-0.1, -0.05) is 0 Å². The highest BCUT2D eigenvalue weighted by atomic mass is 19.1. The van der Waals surface area contributed by atoms with Crippen LogP contribution in [0.5, 0.6) is 5.75 Å². The number of hydrogen-bond donors (Lipinski definition) is 1. The zero-order valence-corrected chi connectivity index (χ0v) is 10.1. The molecule has 1 aromatic rings. The Morgan fingerprint density at radius 2 is 2.12 bits per heavy atom. The molecule has 0 aliphatic rings. The highest BCUT2D eigenvalue weighted by molar-refractivity contribution is 5.95. The van der Waals surface area contributed by atoms with Gasteiger partial charge in [0.2, 0.25) is 0 Å². The van der Waals surface area contributed by atoms with Crippen LogP contribution in [-0.4, -0.2) is 18.7 Å². The van der Waals surface area contributed by atoms with Crippen LogP contribution in [0.1, 0.15) is 31.1 Å². The standard InChI is InChI=1S/C12H16FNO3/c1-4-16-12(15)8-5-11(17-7(2)3)9(13)6-10(8)14/h5-7H,4,14H2,1-3H3. The molecular formula is C12H16FNO3. The molecule has 0 amide bonds. The van der Waals surface area contributed by atoms with Crippen molar-refractivity contribution in [3.8, 4) is 5.75 Å². The third-order valence-corrected chi connectivity index (χ3v) is 1.96. The van der Waals surface area contributed by atoms with Gasteiger partial charge in [0, 0.05) is 11.8 Å². The maximum absolute atomic E-state index is 13.5. The summed E-state index contributed by atoms with van der Waals surface area (Å²) in [7, 11) is 0. The van der Waals surface area contributed by atoms with E-state index in [1.54, 1.807) is 20.8 Å². The molecule has 1 aromatic carbocycles. The molecule has 0 heterocycles. The number of hydrogen-bond acceptors (Lipinski definition) is 4. The van der Waals surface area contributed by atoms with Gasteiger partial charge in [-0.2, -0.15) is 0 Å². The first-order chi connectivity index (χ1) is 7.95. The van der Waals surface area contributed by atoms with Crippen LogP contribution < -0.4 is 10.5 Å². The smallest absolute Gasteiger partial charge is 0.340 e. The van der Waals surface area contributed by atoms with Gasteiger partial charge < -0.3 is 15.2 Å². The predicted molar refractivity (Wildman–Crippen MR) is 62.5 cm³/mol. The van der Waals surface area contributed by atoms with Crippen LogP contribution in [-0.2, 0) is 4.74 Å². The molecule has 0 aromatic heterocycles. The van der Waals surface area contributed by atoms with Crippen molar-refractivity contribution in [2.45, 2.75) is 26.9 Å². The second-order valence-electron chi connectivity index (χ2n) is 3.76. The summed E-state index contributed by atoms with van der Waals surface area (Å²) in [6.45, 7) is 5.44. The first kappa shape index (κ1) is 13.3. The van der Waals surface area contributed by atoms with E-state index in [1.165, 1.54) is 6.07 Å². The number of rotatable bonds is 4. The molecule has 0 bridgehead atoms. The SMILES string of the molecule is CCOC(=O)c1cc(OC(C)C)c(F)cc1N. The van der Waals surface area contributed by atoms with Gasteiger partial charge >= 0.3 is 5.97 Å². The van der Waals surface area contributed by atoms with Crippen molar-refractivity contribution >= 4 is 11.7 Å². The topological polar surface area (TPSA) is 61.5 Å². The Kier molecular flexibility index (Phi) is 4.31. The van der Waals surface area contributed by atoms with Gasteiger partial charge in [-0.25, -0.2) is 9.18 Å². The minimum atomic E-state index is -0.593. The van der Waals surface area contributed by atoms with Crippen LogP contribution in [0.2, 0.25) is 0 Å². The van der Waals surface area contributed by atoms with Gasteiger partial charge in [0.15, 0.2) is 11.6 Å². The number of halogens is 1. The molecule has 1 rings (SSSR count). The third kappa shape index (κ3) is 3.34. The minimum Gasteiger partial charge on any atom is -0.488 e. The Balaban J connectivity index is 3.09. The lowest BCUT2D eigenvalue weighted by Crippen LogP contribution is -2.12. The zero-order chi connectivity index (χ0) is 13.0. The second-order valence-corrected chi connectivity index (χ2v) is 3.76. The van der Waals surface area contributed by atoms with Gasteiger partial charge in [0.25, 0.3) is 0 Å². The number of anilines is 1. The number of ether oxygens (including phenoxy) is 2. The van der Waals surface area contributed by atoms with Crippen molar-refractivity contribution in [3.63, 3.8) is 0 Å². The molecule has 0 radical (unpaired) electrons. The monoisotopic (exact) mass is 241 g/mol. The van der Waals surface area contributed by atoms with Crippen LogP contribution in [0, 0.1) is 5.82 Å². The average Bonchev–Trinajstić information content (AvgIpc) is 2.21. The molecule has 17 heavy (non-hydrogen) atoms. The van der Waals surface area contributed by atoms with Crippen molar-refractivity contribution in [2.24, 2.45) is 0 Å². The Hall–Kier alpha value is -1.78. The number of carbonyl (C=O) groups excluding carboxylic acids is 1. The predicted octanol–water partition coefficient (Wildman–Crippen LogP) is 2.37. The van der Waals surface area contributed by atoms with E-state index >= 15 is 0 Å². The van der Waals surface area contributed by atoms with E-state index in [0.717, 1.165) is 6.07 Å². The number of carbonyl (C=O) groups is 1. The lowest BCUT2D eigenvalue weighted by atomic mass is 10.1. The summed E-state index contributed by atoms with van der Waals surface area (Å²) in [4.78, 5) is 11.5. The molecule has 0 saturated carbocycles. The molecule has 0 spiro atoms. The lowest BCUT2D eigenvalue weighted by molar-refractivity contribution is 0.0526. The maximum atomic E-state index is 13.5. The Bertz CT molecular complexity index is 418. The van der Waals surface area contributed by atoms with Crippen molar-refractivity contribution in [1.29, 1.82) is 0 Å². The van der Waals surface area contributed by atoms with Crippen LogP contribution >= 0.6 is 0 Å². The zero-order valence-electron chi connectivity index (χ0n) is 10.1. The van der Waals surface area contributed by atoms with Crippen molar-refractivity contribution in [2.75, 3.05) is 12.3 Å². The van der Waals surface area contributed by atoms with Gasteiger partial charge in [-0.05, 0) is 26.8 Å². The molecule has 0 unspecified atom stereocenters. The first-order valence-corrected chi connectivity index (χ1v) is 5.38. The van der Waals surface area contributed by atoms with Crippen molar-refractivity contribution in [3.05, 3.63) is 23.5 Å². The van der Waals surface area contributed by atoms with Crippen LogP contribution in [0.4, 0.5) is 10.1 Å². The second kappa shape index (κ2) is 5.52. The van der Waals surface area contributed by atoms with Gasteiger partial charge in [-0.3, -0.25) is 0 Å². The summed E-state index contributed by atoms with van der Waals surface area (Å²) in [6.07, 6.45) is -0.192. The van der Waals surface area contributed by atoms with Gasteiger partial charge in [-0.15, -0.1) is 0 Å². The van der Waals surface area contributed by atoms with Crippen LogP contribution in [0.3, 0.4) is 0 Å². The van der Waals surface area contributed by atoms with E-state index in [1.807, 2.05) is 0 Å². The van der Waals surface area contributed by atoms with E-state index in [-0.39, 0.29) is 29.7 Å². The number of nitrogen functional groups attached to an aromatic ring is 1. The average molecular weight is 241 g/mol. The highest BCUT2D eigenvalue weighted by Crippen LogP contribution is 2.25. The van der Waals surface area contributed by atoms with Gasteiger partial charge in [0.05, 0.1) is 18.3 Å². The molecular weight excluding hydrogens is 225 g/mol. The fraction of sp³-hybridized carbons (Fsp3) is 0.417. The van der Waals surface area contributed by atoms with Gasteiger partial charge in [0.1, 0.15) is 0 Å². The Morgan fingerprint density at radius 3 is 2.65 bits per heavy atom. The van der Waals surface area contributed by atoms with Crippen LogP contribution in [0.25, 0.3) is 0 Å². The third-order valence-electron chi connectivity index (χ3n) is 1.96. The molecule has 4 nitrogen and oxygen atoms in total. The van der Waals surface area contributed by atoms with E-state index < -0.39 is 11.8 Å². The molecule has 0 aliphatic heterocycles. The molecule has 0 saturated heterocycles. The maximum Gasteiger partial charge on any atom is 0.340 e. The quantitative estimate of drug-likeness (QED) is 0.649. The number of esters is 1. The summed E-state index contributed by atoms with van der Waals surface area (Å²) in [5.41, 5.74) is 5.71. The summed E-state index contributed by atoms with van der Waals surface area (Å²) in [5.74, 6) is -1.18.